The third-order valence-corrected chi connectivity index (χ3v) is 1.73. The lowest BCUT2D eigenvalue weighted by molar-refractivity contribution is 0.181. The van der Waals surface area contributed by atoms with E-state index in [0.29, 0.717) is 0 Å². The van der Waals surface area contributed by atoms with Crippen molar-refractivity contribution in [1.82, 2.24) is 16.0 Å². The van der Waals surface area contributed by atoms with Crippen molar-refractivity contribution in [3.8, 4) is 0 Å². The van der Waals surface area contributed by atoms with Crippen LogP contribution in [0.25, 0.3) is 0 Å². The average molecular weight is 131 g/mol. The molecule has 1 aliphatic heterocycles. The molecule has 0 amide bonds. The first-order chi connectivity index (χ1) is 3.79. The predicted molar refractivity (Wildman–Crippen MR) is 40.0 cm³/mol. The van der Waals surface area contributed by atoms with Gasteiger partial charge in [0.25, 0.3) is 0 Å². The number of nitrogens with zero attached hydrogens (tertiary/aromatic N) is 2. The fourth-order valence-corrected chi connectivity index (χ4v) is 0.906. The zero-order valence-corrected chi connectivity index (χ0v) is 6.43. The SMILES string of the molecule is CN1CCN(C)CC1.N. The second kappa shape index (κ2) is 3.82. The van der Waals surface area contributed by atoms with Crippen molar-refractivity contribution in [2.45, 2.75) is 0 Å². The molecular weight excluding hydrogens is 114 g/mol. The molecule has 0 aliphatic carbocycles. The van der Waals surface area contributed by atoms with Crippen LogP contribution in [0.4, 0.5) is 0 Å². The molecule has 0 bridgehead atoms. The Hall–Kier alpha value is -0.120. The first kappa shape index (κ1) is 8.88. The van der Waals surface area contributed by atoms with Crippen LogP contribution in [0.2, 0.25) is 0 Å². The number of piperazine rings is 1. The van der Waals surface area contributed by atoms with Crippen LogP contribution in [-0.2, 0) is 0 Å². The second-order valence-corrected chi connectivity index (χ2v) is 2.61. The lowest BCUT2D eigenvalue weighted by Gasteiger charge is -2.28. The van der Waals surface area contributed by atoms with E-state index in [-0.39, 0.29) is 6.15 Å². The van der Waals surface area contributed by atoms with Gasteiger partial charge in [0.1, 0.15) is 0 Å². The van der Waals surface area contributed by atoms with Crippen molar-refractivity contribution in [2.24, 2.45) is 0 Å². The number of rotatable bonds is 0. The Morgan fingerprint density at radius 2 is 1.00 bits per heavy atom. The normalized spacial score (nSPS) is 23.3. The molecule has 0 radical (unpaired) electrons. The van der Waals surface area contributed by atoms with E-state index in [9.17, 15) is 0 Å². The largest absolute Gasteiger partial charge is 0.344 e. The molecule has 1 saturated heterocycles. The molecule has 0 aromatic carbocycles. The molecule has 56 valence electrons. The minimum atomic E-state index is 0. The van der Waals surface area contributed by atoms with Gasteiger partial charge in [-0.2, -0.15) is 0 Å². The lowest BCUT2D eigenvalue weighted by Crippen LogP contribution is -2.42. The standard InChI is InChI=1S/C6H14N2.H3N/c1-7-3-5-8(2)6-4-7;/h3-6H2,1-2H3;1H3. The number of hydrogen-bond acceptors (Lipinski definition) is 3. The summed E-state index contributed by atoms with van der Waals surface area (Å²) in [6, 6.07) is 0. The van der Waals surface area contributed by atoms with Crippen LogP contribution in [0.1, 0.15) is 0 Å². The van der Waals surface area contributed by atoms with Crippen molar-refractivity contribution >= 4 is 0 Å². The number of likely N-dealkylation sites (N-methyl/N-ethyl adjacent to an activating group) is 2. The highest BCUT2D eigenvalue weighted by molar-refractivity contribution is 4.64. The van der Waals surface area contributed by atoms with E-state index < -0.39 is 0 Å². The molecule has 0 aromatic rings. The summed E-state index contributed by atoms with van der Waals surface area (Å²) in [6.45, 7) is 4.93. The van der Waals surface area contributed by atoms with Crippen molar-refractivity contribution in [3.05, 3.63) is 0 Å². The van der Waals surface area contributed by atoms with Crippen LogP contribution < -0.4 is 6.15 Å². The molecule has 0 unspecified atom stereocenters. The minimum absolute atomic E-state index is 0. The molecule has 0 atom stereocenters. The summed E-state index contributed by atoms with van der Waals surface area (Å²) < 4.78 is 0. The highest BCUT2D eigenvalue weighted by Gasteiger charge is 2.07. The fourth-order valence-electron chi connectivity index (χ4n) is 0.906. The van der Waals surface area contributed by atoms with Crippen molar-refractivity contribution < 1.29 is 0 Å². The molecule has 0 saturated carbocycles. The minimum Gasteiger partial charge on any atom is -0.344 e. The van der Waals surface area contributed by atoms with Crippen molar-refractivity contribution in [3.63, 3.8) is 0 Å². The summed E-state index contributed by atoms with van der Waals surface area (Å²) >= 11 is 0. The van der Waals surface area contributed by atoms with Gasteiger partial charge in [0.05, 0.1) is 0 Å². The summed E-state index contributed by atoms with van der Waals surface area (Å²) in [4.78, 5) is 4.72. The average Bonchev–Trinajstić information content (AvgIpc) is 1.77. The molecule has 1 fully saturated rings. The quantitative estimate of drug-likeness (QED) is 0.504. The summed E-state index contributed by atoms with van der Waals surface area (Å²) in [5.74, 6) is 0. The van der Waals surface area contributed by atoms with Crippen LogP contribution in [0, 0.1) is 0 Å². The zero-order chi connectivity index (χ0) is 5.98. The first-order valence-electron chi connectivity index (χ1n) is 3.16. The lowest BCUT2D eigenvalue weighted by atomic mass is 10.4. The van der Waals surface area contributed by atoms with E-state index in [2.05, 4.69) is 23.9 Å². The Bertz CT molecular complexity index is 56.7. The fraction of sp³-hybridized carbons (Fsp3) is 1.00. The summed E-state index contributed by atoms with van der Waals surface area (Å²) in [5.41, 5.74) is 0. The highest BCUT2D eigenvalue weighted by atomic mass is 15.2. The van der Waals surface area contributed by atoms with Gasteiger partial charge in [-0.1, -0.05) is 0 Å². The maximum Gasteiger partial charge on any atom is 0.0107 e. The van der Waals surface area contributed by atoms with Gasteiger partial charge in [-0.25, -0.2) is 0 Å². The maximum absolute atomic E-state index is 2.36. The molecule has 0 spiro atoms. The van der Waals surface area contributed by atoms with E-state index in [1.165, 1.54) is 26.2 Å². The Kier molecular flexibility index (Phi) is 3.77. The van der Waals surface area contributed by atoms with Crippen LogP contribution in [0.5, 0.6) is 0 Å². The molecule has 0 aromatic heterocycles. The van der Waals surface area contributed by atoms with Crippen LogP contribution in [0.15, 0.2) is 0 Å². The van der Waals surface area contributed by atoms with E-state index in [1.54, 1.807) is 0 Å². The molecule has 3 N–H and O–H groups in total. The van der Waals surface area contributed by atoms with Gasteiger partial charge in [0.15, 0.2) is 0 Å². The number of hydrogen-bond donors (Lipinski definition) is 1. The second-order valence-electron chi connectivity index (χ2n) is 2.61. The third kappa shape index (κ3) is 2.79. The zero-order valence-electron chi connectivity index (χ0n) is 6.43. The third-order valence-electron chi connectivity index (χ3n) is 1.73. The van der Waals surface area contributed by atoms with Crippen LogP contribution in [-0.4, -0.2) is 50.1 Å². The molecular formula is C6H17N3. The van der Waals surface area contributed by atoms with Crippen LogP contribution >= 0.6 is 0 Å². The van der Waals surface area contributed by atoms with E-state index in [4.69, 9.17) is 0 Å². The van der Waals surface area contributed by atoms with Gasteiger partial charge < -0.3 is 16.0 Å². The van der Waals surface area contributed by atoms with E-state index >= 15 is 0 Å². The van der Waals surface area contributed by atoms with Gasteiger partial charge in [-0.15, -0.1) is 0 Å². The van der Waals surface area contributed by atoms with Gasteiger partial charge in [0.2, 0.25) is 0 Å². The predicted octanol–water partition coefficient (Wildman–Crippen LogP) is 0.0256. The monoisotopic (exact) mass is 131 g/mol. The van der Waals surface area contributed by atoms with E-state index in [0.717, 1.165) is 0 Å². The Morgan fingerprint density at radius 1 is 0.778 bits per heavy atom. The van der Waals surface area contributed by atoms with Crippen molar-refractivity contribution in [2.75, 3.05) is 40.3 Å². The van der Waals surface area contributed by atoms with Crippen LogP contribution in [0.3, 0.4) is 0 Å². The summed E-state index contributed by atoms with van der Waals surface area (Å²) in [5, 5.41) is 0. The molecule has 1 aliphatic rings. The first-order valence-corrected chi connectivity index (χ1v) is 3.16. The van der Waals surface area contributed by atoms with Gasteiger partial charge >= 0.3 is 0 Å². The van der Waals surface area contributed by atoms with E-state index in [1.807, 2.05) is 0 Å². The molecule has 3 heteroatoms. The topological polar surface area (TPSA) is 41.5 Å². The Balaban J connectivity index is 0.000000640. The molecule has 9 heavy (non-hydrogen) atoms. The van der Waals surface area contributed by atoms with Gasteiger partial charge in [0, 0.05) is 26.2 Å². The Labute approximate surface area is 57.2 Å². The molecule has 1 heterocycles. The summed E-state index contributed by atoms with van der Waals surface area (Å²) in [7, 11) is 4.35. The highest BCUT2D eigenvalue weighted by Crippen LogP contribution is 1.93. The van der Waals surface area contributed by atoms with Gasteiger partial charge in [-0.05, 0) is 14.1 Å². The van der Waals surface area contributed by atoms with Gasteiger partial charge in [-0.3, -0.25) is 0 Å². The maximum atomic E-state index is 2.36. The summed E-state index contributed by atoms with van der Waals surface area (Å²) in [6.07, 6.45) is 0. The molecule has 1 rings (SSSR count). The Morgan fingerprint density at radius 3 is 1.22 bits per heavy atom. The van der Waals surface area contributed by atoms with Crippen molar-refractivity contribution in [1.29, 1.82) is 0 Å². The molecule has 3 nitrogen and oxygen atoms in total. The smallest absolute Gasteiger partial charge is 0.0107 e.